The van der Waals surface area contributed by atoms with Crippen molar-refractivity contribution in [1.29, 1.82) is 0 Å². The number of hydrogen-bond acceptors (Lipinski definition) is 10. The largest absolute Gasteiger partial charge is 0.504 e. The number of allylic oxidation sites excluding steroid dienone is 2. The lowest BCUT2D eigenvalue weighted by molar-refractivity contribution is 0.0317. The molecule has 0 amide bonds. The fourth-order valence-corrected chi connectivity index (χ4v) is 3.84. The lowest BCUT2D eigenvalue weighted by Gasteiger charge is -2.17. The number of benzene rings is 2. The van der Waals surface area contributed by atoms with Gasteiger partial charge in [0.05, 0.1) is 17.6 Å². The Morgan fingerprint density at radius 3 is 2.46 bits per heavy atom. The van der Waals surface area contributed by atoms with Crippen molar-refractivity contribution in [2.24, 2.45) is 0 Å². The summed E-state index contributed by atoms with van der Waals surface area (Å²) in [6, 6.07) is 3.35. The molecule has 1 aromatic heterocycles. The molecule has 0 radical (unpaired) electrons. The molecular weight excluding hydrogens is 460 g/mol. The van der Waals surface area contributed by atoms with Crippen LogP contribution in [-0.2, 0) is 15.9 Å². The molecule has 0 aliphatic heterocycles. The van der Waals surface area contributed by atoms with Gasteiger partial charge in [-0.05, 0) is 30.5 Å². The van der Waals surface area contributed by atoms with Gasteiger partial charge in [-0.15, -0.1) is 0 Å². The maximum absolute atomic E-state index is 13.4. The van der Waals surface area contributed by atoms with Crippen LogP contribution >= 0.6 is 0 Å². The average molecular weight is 482 g/mol. The number of fused-ring (bicyclic) bond motifs is 2. The van der Waals surface area contributed by atoms with Crippen LogP contribution in [0.2, 0.25) is 0 Å². The van der Waals surface area contributed by atoms with Crippen molar-refractivity contribution in [3.05, 3.63) is 63.0 Å². The van der Waals surface area contributed by atoms with Gasteiger partial charge in [-0.3, -0.25) is 9.59 Å². The molecule has 182 valence electrons. The highest BCUT2D eigenvalue weighted by molar-refractivity contribution is 6.30. The number of ether oxygens (including phenoxy) is 2. The molecule has 1 heterocycles. The van der Waals surface area contributed by atoms with Crippen LogP contribution < -0.4 is 5.43 Å². The lowest BCUT2D eigenvalue weighted by atomic mass is 9.86. The number of carbonyl (C=O) groups is 2. The Morgan fingerprint density at radius 1 is 0.971 bits per heavy atom. The van der Waals surface area contributed by atoms with E-state index in [0.29, 0.717) is 12.2 Å². The first-order chi connectivity index (χ1) is 16.7. The molecule has 10 heteroatoms. The molecule has 1 aliphatic carbocycles. The number of carbonyl (C=O) groups excluding carboxylic acids is 2. The predicted molar refractivity (Wildman–Crippen MR) is 123 cm³/mol. The predicted octanol–water partition coefficient (Wildman–Crippen LogP) is 3.02. The highest BCUT2D eigenvalue weighted by Crippen LogP contribution is 2.37. The van der Waals surface area contributed by atoms with Crippen molar-refractivity contribution in [1.82, 2.24) is 0 Å². The highest BCUT2D eigenvalue weighted by atomic mass is 16.6. The fourth-order valence-electron chi connectivity index (χ4n) is 3.84. The Labute approximate surface area is 198 Å². The Morgan fingerprint density at radius 2 is 1.71 bits per heavy atom. The van der Waals surface area contributed by atoms with Crippen molar-refractivity contribution < 1.29 is 43.9 Å². The second kappa shape index (κ2) is 9.51. The molecule has 10 nitrogen and oxygen atoms in total. The molecule has 0 bridgehead atoms. The second-order valence-corrected chi connectivity index (χ2v) is 7.87. The smallest absolute Gasteiger partial charge is 0.343 e. The summed E-state index contributed by atoms with van der Waals surface area (Å²) in [7, 11) is 0. The van der Waals surface area contributed by atoms with Crippen LogP contribution in [0.1, 0.15) is 45.2 Å². The molecule has 4 rings (SSSR count). The molecule has 0 saturated heterocycles. The topological polar surface area (TPSA) is 164 Å². The average Bonchev–Trinajstić information content (AvgIpc) is 2.82. The molecule has 0 fully saturated rings. The maximum atomic E-state index is 13.4. The lowest BCUT2D eigenvalue weighted by Crippen LogP contribution is -2.20. The Kier molecular flexibility index (Phi) is 6.48. The molecule has 35 heavy (non-hydrogen) atoms. The normalized spacial score (nSPS) is 12.9. The van der Waals surface area contributed by atoms with E-state index in [1.807, 2.05) is 6.92 Å². The fraction of sp³-hybridized carbons (Fsp3) is 0.240. The van der Waals surface area contributed by atoms with Crippen LogP contribution in [0.25, 0.3) is 16.5 Å². The summed E-state index contributed by atoms with van der Waals surface area (Å²) < 4.78 is 15.8. The van der Waals surface area contributed by atoms with Gasteiger partial charge in [0.15, 0.2) is 28.8 Å². The van der Waals surface area contributed by atoms with Gasteiger partial charge in [-0.2, -0.15) is 0 Å². The number of esters is 1. The molecule has 3 aromatic rings. The summed E-state index contributed by atoms with van der Waals surface area (Å²) in [5.74, 6) is -4.11. The third-order valence-electron chi connectivity index (χ3n) is 5.54. The molecule has 0 unspecified atom stereocenters. The van der Waals surface area contributed by atoms with Crippen LogP contribution in [-0.4, -0.2) is 52.0 Å². The number of aromatic hydroxyl groups is 4. The first-order valence-corrected chi connectivity index (χ1v) is 10.8. The molecule has 4 N–H and O–H groups in total. The molecule has 0 saturated carbocycles. The van der Waals surface area contributed by atoms with Crippen LogP contribution in [0, 0.1) is 0 Å². The highest BCUT2D eigenvalue weighted by Gasteiger charge is 2.29. The van der Waals surface area contributed by atoms with E-state index in [9.17, 15) is 34.8 Å². The van der Waals surface area contributed by atoms with E-state index < -0.39 is 40.0 Å². The number of Topliss-reactive ketones (excluding diaryl/α,β-unsaturated/α-hetero) is 1. The van der Waals surface area contributed by atoms with Crippen molar-refractivity contribution in [2.75, 3.05) is 19.8 Å². The number of ketones is 1. The second-order valence-electron chi connectivity index (χ2n) is 7.87. The van der Waals surface area contributed by atoms with E-state index in [-0.39, 0.29) is 53.1 Å². The summed E-state index contributed by atoms with van der Waals surface area (Å²) in [5, 5.41) is 39.6. The zero-order chi connectivity index (χ0) is 25.3. The SMILES string of the molecule is CCCOCCOC(=O)c1c(O)c(O)cc2occ(C3=CCc4cc(O)c(O)cc4C3=O)c(=O)c12. The van der Waals surface area contributed by atoms with Gasteiger partial charge < -0.3 is 34.3 Å². The molecule has 0 atom stereocenters. The van der Waals surface area contributed by atoms with Gasteiger partial charge in [0.25, 0.3) is 0 Å². The maximum Gasteiger partial charge on any atom is 0.343 e. The minimum absolute atomic E-state index is 0.0434. The number of hydrogen-bond donors (Lipinski definition) is 4. The summed E-state index contributed by atoms with van der Waals surface area (Å²) in [6.45, 7) is 2.32. The van der Waals surface area contributed by atoms with Gasteiger partial charge in [0.1, 0.15) is 24.0 Å². The van der Waals surface area contributed by atoms with Gasteiger partial charge in [-0.25, -0.2) is 4.79 Å². The zero-order valence-electron chi connectivity index (χ0n) is 18.7. The Hall–Kier alpha value is -4.31. The summed E-state index contributed by atoms with van der Waals surface area (Å²) >= 11 is 0. The van der Waals surface area contributed by atoms with E-state index in [1.54, 1.807) is 0 Å². The number of phenolic OH excluding ortho intramolecular Hbond substituents is 4. The van der Waals surface area contributed by atoms with Gasteiger partial charge >= 0.3 is 5.97 Å². The first kappa shape index (κ1) is 23.8. The quantitative estimate of drug-likeness (QED) is 0.223. The molecule has 0 spiro atoms. The number of rotatable bonds is 7. The molecular formula is C25H22O10. The summed E-state index contributed by atoms with van der Waals surface area (Å²) in [5.41, 5.74) is -1.28. The van der Waals surface area contributed by atoms with Crippen molar-refractivity contribution in [3.8, 4) is 23.0 Å². The standard InChI is InChI=1S/C25H22O10/c1-2-5-33-6-7-34-25(32)21-20-19(10-18(28)24(21)31)35-11-15(23(20)30)13-4-3-12-8-16(26)17(27)9-14(12)22(13)29/h4,8-11,26-28,31H,2-3,5-7H2,1H3. The minimum atomic E-state index is -1.08. The van der Waals surface area contributed by atoms with E-state index >= 15 is 0 Å². The number of phenols is 4. The summed E-state index contributed by atoms with van der Waals surface area (Å²) in [6.07, 6.45) is 3.43. The van der Waals surface area contributed by atoms with Crippen molar-refractivity contribution >= 4 is 28.3 Å². The monoisotopic (exact) mass is 482 g/mol. The van der Waals surface area contributed by atoms with Gasteiger partial charge in [-0.1, -0.05) is 13.0 Å². The minimum Gasteiger partial charge on any atom is -0.504 e. The van der Waals surface area contributed by atoms with E-state index in [0.717, 1.165) is 24.8 Å². The molecule has 2 aromatic carbocycles. The van der Waals surface area contributed by atoms with E-state index in [1.165, 1.54) is 12.1 Å². The van der Waals surface area contributed by atoms with Gasteiger partial charge in [0, 0.05) is 23.8 Å². The van der Waals surface area contributed by atoms with Crippen LogP contribution in [0.3, 0.4) is 0 Å². The van der Waals surface area contributed by atoms with E-state index in [4.69, 9.17) is 13.9 Å². The van der Waals surface area contributed by atoms with Crippen molar-refractivity contribution in [2.45, 2.75) is 19.8 Å². The van der Waals surface area contributed by atoms with Crippen LogP contribution in [0.4, 0.5) is 0 Å². The van der Waals surface area contributed by atoms with Crippen molar-refractivity contribution in [3.63, 3.8) is 0 Å². The van der Waals surface area contributed by atoms with E-state index in [2.05, 4.69) is 0 Å². The van der Waals surface area contributed by atoms with Crippen LogP contribution in [0.5, 0.6) is 23.0 Å². The zero-order valence-corrected chi connectivity index (χ0v) is 18.7. The third kappa shape index (κ3) is 4.31. The first-order valence-electron chi connectivity index (χ1n) is 10.8. The van der Waals surface area contributed by atoms with Gasteiger partial charge in [0.2, 0.25) is 5.43 Å². The Bertz CT molecular complexity index is 1430. The summed E-state index contributed by atoms with van der Waals surface area (Å²) in [4.78, 5) is 39.3. The molecule has 1 aliphatic rings. The third-order valence-corrected chi connectivity index (χ3v) is 5.54. The van der Waals surface area contributed by atoms with Crippen LogP contribution in [0.15, 0.2) is 39.7 Å². The Balaban J connectivity index is 1.78.